The lowest BCUT2D eigenvalue weighted by atomic mass is 10.1. The lowest BCUT2D eigenvalue weighted by Gasteiger charge is -2.06. The quantitative estimate of drug-likeness (QED) is 0.327. The van der Waals surface area contributed by atoms with E-state index in [0.29, 0.717) is 6.42 Å². The number of carboxylic acids is 1. The van der Waals surface area contributed by atoms with Crippen molar-refractivity contribution in [2.24, 2.45) is 0 Å². The zero-order chi connectivity index (χ0) is 15.8. The normalized spacial score (nSPS) is 12.9. The second kappa shape index (κ2) is 15.6. The van der Waals surface area contributed by atoms with Crippen LogP contribution in [-0.4, -0.2) is 22.3 Å². The fourth-order valence-electron chi connectivity index (χ4n) is 2.40. The molecule has 0 aliphatic carbocycles. The minimum atomic E-state index is -0.917. The van der Waals surface area contributed by atoms with E-state index in [4.69, 9.17) is 5.11 Å². The molecule has 0 aliphatic heterocycles. The van der Waals surface area contributed by atoms with Crippen molar-refractivity contribution in [2.45, 2.75) is 96.5 Å². The van der Waals surface area contributed by atoms with Gasteiger partial charge in [0.25, 0.3) is 0 Å². The average Bonchev–Trinajstić information content (AvgIpc) is 2.43. The zero-order valence-electron chi connectivity index (χ0n) is 13.7. The second-order valence-corrected chi connectivity index (χ2v) is 5.92. The third-order valence-electron chi connectivity index (χ3n) is 3.71. The maximum atomic E-state index is 10.4. The molecule has 3 heteroatoms. The van der Waals surface area contributed by atoms with Crippen molar-refractivity contribution < 1.29 is 15.0 Å². The maximum Gasteiger partial charge on any atom is 0.305 e. The molecule has 0 amide bonds. The fourth-order valence-corrected chi connectivity index (χ4v) is 2.40. The molecule has 0 saturated heterocycles. The van der Waals surface area contributed by atoms with Gasteiger partial charge in [-0.1, -0.05) is 64.0 Å². The van der Waals surface area contributed by atoms with Gasteiger partial charge in [0, 0.05) is 0 Å². The van der Waals surface area contributed by atoms with E-state index in [0.717, 1.165) is 25.7 Å². The summed E-state index contributed by atoms with van der Waals surface area (Å²) < 4.78 is 0. The Morgan fingerprint density at radius 1 is 0.905 bits per heavy atom. The van der Waals surface area contributed by atoms with E-state index in [9.17, 15) is 9.90 Å². The van der Waals surface area contributed by atoms with E-state index in [-0.39, 0.29) is 6.42 Å². The van der Waals surface area contributed by atoms with Crippen LogP contribution in [0.5, 0.6) is 0 Å². The molecular formula is C18H34O3. The molecule has 1 unspecified atom stereocenters. The SMILES string of the molecule is CCCCCCCC/C=C/CCCCCC(O)CC(=O)O. The molecule has 0 radical (unpaired) electrons. The smallest absolute Gasteiger partial charge is 0.305 e. The van der Waals surface area contributed by atoms with Gasteiger partial charge in [0.05, 0.1) is 12.5 Å². The zero-order valence-corrected chi connectivity index (χ0v) is 13.7. The van der Waals surface area contributed by atoms with E-state index < -0.39 is 12.1 Å². The van der Waals surface area contributed by atoms with Crippen LogP contribution < -0.4 is 0 Å². The van der Waals surface area contributed by atoms with Gasteiger partial charge in [-0.15, -0.1) is 0 Å². The number of aliphatic hydroxyl groups is 1. The van der Waals surface area contributed by atoms with Crippen molar-refractivity contribution in [3.63, 3.8) is 0 Å². The summed E-state index contributed by atoms with van der Waals surface area (Å²) in [5, 5.41) is 17.9. The summed E-state index contributed by atoms with van der Waals surface area (Å²) in [6.45, 7) is 2.25. The molecule has 0 fully saturated rings. The van der Waals surface area contributed by atoms with Crippen LogP contribution in [0.3, 0.4) is 0 Å². The Hall–Kier alpha value is -0.830. The maximum absolute atomic E-state index is 10.4. The Kier molecular flexibility index (Phi) is 14.9. The summed E-state index contributed by atoms with van der Waals surface area (Å²) in [6.07, 6.45) is 17.9. The second-order valence-electron chi connectivity index (χ2n) is 5.92. The molecular weight excluding hydrogens is 264 g/mol. The number of carbonyl (C=O) groups is 1. The van der Waals surface area contributed by atoms with Gasteiger partial charge in [-0.25, -0.2) is 0 Å². The predicted molar refractivity (Wildman–Crippen MR) is 88.5 cm³/mol. The molecule has 0 heterocycles. The molecule has 0 aromatic rings. The summed E-state index contributed by atoms with van der Waals surface area (Å²) in [4.78, 5) is 10.4. The third kappa shape index (κ3) is 17.1. The van der Waals surface area contributed by atoms with Crippen LogP contribution in [-0.2, 0) is 4.79 Å². The number of carboxylic acid groups (broad SMARTS) is 1. The molecule has 0 aromatic heterocycles. The van der Waals surface area contributed by atoms with Crippen LogP contribution in [0.15, 0.2) is 12.2 Å². The van der Waals surface area contributed by atoms with Gasteiger partial charge in [0.1, 0.15) is 0 Å². The number of hydrogen-bond donors (Lipinski definition) is 2. The van der Waals surface area contributed by atoms with Gasteiger partial charge in [-0.05, 0) is 32.1 Å². The van der Waals surface area contributed by atoms with Crippen LogP contribution >= 0.6 is 0 Å². The van der Waals surface area contributed by atoms with Gasteiger partial charge in [0.2, 0.25) is 0 Å². The fraction of sp³-hybridized carbons (Fsp3) is 0.833. The minimum Gasteiger partial charge on any atom is -0.481 e. The van der Waals surface area contributed by atoms with Gasteiger partial charge >= 0.3 is 5.97 Å². The molecule has 0 aromatic carbocycles. The highest BCUT2D eigenvalue weighted by Gasteiger charge is 2.08. The average molecular weight is 298 g/mol. The summed E-state index contributed by atoms with van der Waals surface area (Å²) >= 11 is 0. The van der Waals surface area contributed by atoms with Crippen molar-refractivity contribution in [3.05, 3.63) is 12.2 Å². The highest BCUT2D eigenvalue weighted by atomic mass is 16.4. The van der Waals surface area contributed by atoms with E-state index in [2.05, 4.69) is 19.1 Å². The highest BCUT2D eigenvalue weighted by Crippen LogP contribution is 2.10. The molecule has 0 bridgehead atoms. The van der Waals surface area contributed by atoms with Crippen molar-refractivity contribution in [2.75, 3.05) is 0 Å². The van der Waals surface area contributed by atoms with E-state index in [1.54, 1.807) is 0 Å². The Morgan fingerprint density at radius 2 is 1.43 bits per heavy atom. The van der Waals surface area contributed by atoms with Gasteiger partial charge in [-0.2, -0.15) is 0 Å². The van der Waals surface area contributed by atoms with E-state index >= 15 is 0 Å². The molecule has 2 N–H and O–H groups in total. The van der Waals surface area contributed by atoms with Crippen molar-refractivity contribution >= 4 is 5.97 Å². The van der Waals surface area contributed by atoms with Crippen LogP contribution in [0.25, 0.3) is 0 Å². The van der Waals surface area contributed by atoms with Crippen molar-refractivity contribution in [3.8, 4) is 0 Å². The predicted octanol–water partition coefficient (Wildman–Crippen LogP) is 5.08. The Morgan fingerprint density at radius 3 is 2.00 bits per heavy atom. The van der Waals surface area contributed by atoms with Gasteiger partial charge in [0.15, 0.2) is 0 Å². The summed E-state index contributed by atoms with van der Waals surface area (Å²) in [6, 6.07) is 0. The number of aliphatic carboxylic acids is 1. The van der Waals surface area contributed by atoms with Crippen molar-refractivity contribution in [1.82, 2.24) is 0 Å². The lowest BCUT2D eigenvalue weighted by molar-refractivity contribution is -0.139. The first kappa shape index (κ1) is 20.2. The topological polar surface area (TPSA) is 57.5 Å². The minimum absolute atomic E-state index is 0.127. The van der Waals surface area contributed by atoms with Crippen LogP contribution in [0.2, 0.25) is 0 Å². The number of aliphatic hydroxyl groups excluding tert-OH is 1. The molecule has 0 aliphatic rings. The first-order valence-corrected chi connectivity index (χ1v) is 8.71. The Labute approximate surface area is 130 Å². The molecule has 1 atom stereocenters. The molecule has 0 rings (SSSR count). The molecule has 124 valence electrons. The summed E-state index contributed by atoms with van der Waals surface area (Å²) in [5.74, 6) is -0.917. The van der Waals surface area contributed by atoms with E-state index in [1.807, 2.05) is 0 Å². The van der Waals surface area contributed by atoms with Crippen LogP contribution in [0, 0.1) is 0 Å². The Bertz CT molecular complexity index is 261. The van der Waals surface area contributed by atoms with E-state index in [1.165, 1.54) is 44.9 Å². The molecule has 0 spiro atoms. The number of hydrogen-bond acceptors (Lipinski definition) is 2. The number of allylic oxidation sites excluding steroid dienone is 2. The van der Waals surface area contributed by atoms with Crippen LogP contribution in [0.4, 0.5) is 0 Å². The van der Waals surface area contributed by atoms with Crippen LogP contribution in [0.1, 0.15) is 90.4 Å². The first-order chi connectivity index (χ1) is 10.2. The highest BCUT2D eigenvalue weighted by molar-refractivity contribution is 5.67. The van der Waals surface area contributed by atoms with Crippen molar-refractivity contribution in [1.29, 1.82) is 0 Å². The summed E-state index contributed by atoms with van der Waals surface area (Å²) in [7, 11) is 0. The Balaban J connectivity index is 3.20. The standard InChI is InChI=1S/C18H34O3/c1-2-3-4-5-6-7-8-9-10-11-12-13-14-15-17(19)16-18(20)21/h9-10,17,19H,2-8,11-16H2,1H3,(H,20,21)/b10-9+. The lowest BCUT2D eigenvalue weighted by Crippen LogP contribution is -2.12. The number of rotatable bonds is 15. The molecule has 3 nitrogen and oxygen atoms in total. The molecule has 0 saturated carbocycles. The monoisotopic (exact) mass is 298 g/mol. The molecule has 21 heavy (non-hydrogen) atoms. The van der Waals surface area contributed by atoms with Gasteiger partial charge in [-0.3, -0.25) is 4.79 Å². The third-order valence-corrected chi connectivity index (χ3v) is 3.71. The van der Waals surface area contributed by atoms with Gasteiger partial charge < -0.3 is 10.2 Å². The number of unbranched alkanes of at least 4 members (excludes halogenated alkanes) is 9. The summed E-state index contributed by atoms with van der Waals surface area (Å²) in [5.41, 5.74) is 0. The first-order valence-electron chi connectivity index (χ1n) is 8.71. The largest absolute Gasteiger partial charge is 0.481 e.